The number of aromatic nitrogens is 1. The Morgan fingerprint density at radius 2 is 1.42 bits per heavy atom. The number of piperidine rings is 1. The van der Waals surface area contributed by atoms with Crippen molar-refractivity contribution in [2.45, 2.75) is 83.7 Å². The van der Waals surface area contributed by atoms with E-state index in [0.29, 0.717) is 0 Å². The van der Waals surface area contributed by atoms with Crippen molar-refractivity contribution in [2.75, 3.05) is 40.3 Å². The van der Waals surface area contributed by atoms with E-state index in [1.54, 1.807) is 0 Å². The molecule has 52 heavy (non-hydrogen) atoms. The molecule has 4 aromatic carbocycles. The first-order chi connectivity index (χ1) is 25.2. The standard InChI is InChI=1S/C46H59N3O2Si/c1-45(2,3)52(38-19-11-7-12-20-38,39-21-13-8-14-22-39)50-35-46(29-15-16-30-46)34-49-31-27-36(28-32-49)23-26-43-41-25-24-40(37-17-9-6-10-18-37)42(33-48(4)5)44(41)51-47-43/h6-14,17-22,24-25,36H,15-16,23,26-35H2,1-5H3. The molecule has 6 heteroatoms. The van der Waals surface area contributed by atoms with Gasteiger partial charge in [-0.15, -0.1) is 0 Å². The second-order valence-corrected chi connectivity index (χ2v) is 21.4. The predicted molar refractivity (Wildman–Crippen MR) is 219 cm³/mol. The smallest absolute Gasteiger partial charge is 0.261 e. The summed E-state index contributed by atoms with van der Waals surface area (Å²) in [4.78, 5) is 5.00. The molecule has 2 fully saturated rings. The van der Waals surface area contributed by atoms with Crippen LogP contribution in [0.1, 0.15) is 77.0 Å². The van der Waals surface area contributed by atoms with E-state index in [0.717, 1.165) is 43.3 Å². The van der Waals surface area contributed by atoms with Crippen LogP contribution in [0.4, 0.5) is 0 Å². The van der Waals surface area contributed by atoms with Crippen LogP contribution >= 0.6 is 0 Å². The normalized spacial score (nSPS) is 17.3. The molecular formula is C46H59N3O2Si. The largest absolute Gasteiger partial charge is 0.407 e. The molecule has 0 spiro atoms. The lowest BCUT2D eigenvalue weighted by Crippen LogP contribution is -2.67. The number of rotatable bonds is 13. The fourth-order valence-corrected chi connectivity index (χ4v) is 14.1. The van der Waals surface area contributed by atoms with Crippen molar-refractivity contribution in [3.8, 4) is 11.1 Å². The molecule has 1 saturated heterocycles. The van der Waals surface area contributed by atoms with Crippen LogP contribution < -0.4 is 10.4 Å². The van der Waals surface area contributed by atoms with Gasteiger partial charge in [0.1, 0.15) is 0 Å². The lowest BCUT2D eigenvalue weighted by atomic mass is 9.84. The van der Waals surface area contributed by atoms with Crippen molar-refractivity contribution in [3.05, 3.63) is 114 Å². The molecule has 0 N–H and O–H groups in total. The molecule has 274 valence electrons. The number of nitrogens with zero attached hydrogens (tertiary/aromatic N) is 3. The average Bonchev–Trinajstić information content (AvgIpc) is 3.80. The fourth-order valence-electron chi connectivity index (χ4n) is 9.40. The van der Waals surface area contributed by atoms with Crippen LogP contribution in [0.2, 0.25) is 5.04 Å². The molecule has 5 nitrogen and oxygen atoms in total. The highest BCUT2D eigenvalue weighted by Crippen LogP contribution is 2.44. The Morgan fingerprint density at radius 3 is 2.00 bits per heavy atom. The maximum absolute atomic E-state index is 7.59. The van der Waals surface area contributed by atoms with Crippen molar-refractivity contribution < 1.29 is 8.95 Å². The minimum absolute atomic E-state index is 0.00111. The zero-order valence-electron chi connectivity index (χ0n) is 32.2. The molecule has 0 bridgehead atoms. The second kappa shape index (κ2) is 15.8. The van der Waals surface area contributed by atoms with E-state index >= 15 is 0 Å². The Kier molecular flexibility index (Phi) is 11.2. The first-order valence-electron chi connectivity index (χ1n) is 19.8. The van der Waals surface area contributed by atoms with Crippen molar-refractivity contribution >= 4 is 29.7 Å². The van der Waals surface area contributed by atoms with Gasteiger partial charge < -0.3 is 18.7 Å². The van der Waals surface area contributed by atoms with Gasteiger partial charge in [0.2, 0.25) is 0 Å². The van der Waals surface area contributed by atoms with Crippen molar-refractivity contribution in [2.24, 2.45) is 11.3 Å². The van der Waals surface area contributed by atoms with Crippen LogP contribution in [0.5, 0.6) is 0 Å². The van der Waals surface area contributed by atoms with Crippen molar-refractivity contribution in [3.63, 3.8) is 0 Å². The number of hydrogen-bond acceptors (Lipinski definition) is 5. The van der Waals surface area contributed by atoms with Gasteiger partial charge in [0.25, 0.3) is 8.32 Å². The number of likely N-dealkylation sites (tertiary alicyclic amines) is 1. The third-order valence-corrected chi connectivity index (χ3v) is 17.1. The summed E-state index contributed by atoms with van der Waals surface area (Å²) in [5.41, 5.74) is 5.96. The molecule has 0 amide bonds. The quantitative estimate of drug-likeness (QED) is 0.114. The fraction of sp³-hybridized carbons (Fsp3) is 0.457. The first-order valence-corrected chi connectivity index (χ1v) is 21.7. The van der Waals surface area contributed by atoms with Crippen LogP contribution in [0.15, 0.2) is 108 Å². The van der Waals surface area contributed by atoms with E-state index in [1.165, 1.54) is 90.5 Å². The highest BCUT2D eigenvalue weighted by atomic mass is 28.4. The molecule has 1 saturated carbocycles. The molecule has 0 unspecified atom stereocenters. The zero-order chi connectivity index (χ0) is 36.2. The predicted octanol–water partition coefficient (Wildman–Crippen LogP) is 9.34. The van der Waals surface area contributed by atoms with Gasteiger partial charge in [-0.05, 0) is 104 Å². The zero-order valence-corrected chi connectivity index (χ0v) is 33.2. The Morgan fingerprint density at radius 1 is 0.827 bits per heavy atom. The maximum atomic E-state index is 7.59. The van der Waals surface area contributed by atoms with Crippen LogP contribution in [-0.4, -0.2) is 63.6 Å². The van der Waals surface area contributed by atoms with Gasteiger partial charge in [0, 0.05) is 36.1 Å². The SMILES string of the molecule is CN(C)Cc1c(-c2ccccc2)ccc2c(CCC3CCN(CC4(CO[Si](c5ccccc5)(c5ccccc5)C(C)(C)C)CCCC4)CC3)noc12. The molecule has 2 aliphatic rings. The van der Waals surface area contributed by atoms with Gasteiger partial charge in [-0.2, -0.15) is 0 Å². The van der Waals surface area contributed by atoms with Gasteiger partial charge in [0.15, 0.2) is 5.58 Å². The highest BCUT2D eigenvalue weighted by Gasteiger charge is 2.52. The highest BCUT2D eigenvalue weighted by molar-refractivity contribution is 6.99. The average molecular weight is 714 g/mol. The summed E-state index contributed by atoms with van der Waals surface area (Å²) in [6.45, 7) is 12.4. The Hall–Kier alpha value is -3.55. The third-order valence-electron chi connectivity index (χ3n) is 12.1. The molecule has 5 aromatic rings. The van der Waals surface area contributed by atoms with Gasteiger partial charge >= 0.3 is 0 Å². The summed E-state index contributed by atoms with van der Waals surface area (Å²) < 4.78 is 13.7. The molecule has 1 aliphatic heterocycles. The van der Waals surface area contributed by atoms with Gasteiger partial charge in [-0.3, -0.25) is 0 Å². The Balaban J connectivity index is 1.01. The lowest BCUT2D eigenvalue weighted by Gasteiger charge is -2.46. The number of fused-ring (bicyclic) bond motifs is 1. The van der Waals surface area contributed by atoms with Crippen LogP contribution in [-0.2, 0) is 17.4 Å². The summed E-state index contributed by atoms with van der Waals surface area (Å²) in [7, 11) is 1.68. The van der Waals surface area contributed by atoms with Crippen LogP contribution in [0, 0.1) is 11.3 Å². The monoisotopic (exact) mass is 713 g/mol. The minimum Gasteiger partial charge on any atom is -0.407 e. The third kappa shape index (κ3) is 7.72. The van der Waals surface area contributed by atoms with E-state index in [9.17, 15) is 0 Å². The molecule has 2 heterocycles. The van der Waals surface area contributed by atoms with Crippen molar-refractivity contribution in [1.29, 1.82) is 0 Å². The van der Waals surface area contributed by atoms with Gasteiger partial charge in [0.05, 0.1) is 5.69 Å². The van der Waals surface area contributed by atoms with Crippen LogP contribution in [0.25, 0.3) is 22.1 Å². The van der Waals surface area contributed by atoms with Crippen LogP contribution in [0.3, 0.4) is 0 Å². The topological polar surface area (TPSA) is 41.7 Å². The Bertz CT molecular complexity index is 1830. The van der Waals surface area contributed by atoms with E-state index < -0.39 is 8.32 Å². The summed E-state index contributed by atoms with van der Waals surface area (Å²) in [6.07, 6.45) is 9.82. The molecule has 0 atom stereocenters. The van der Waals surface area contributed by atoms with E-state index in [-0.39, 0.29) is 10.5 Å². The summed E-state index contributed by atoms with van der Waals surface area (Å²) in [5, 5.41) is 8.61. The number of benzene rings is 4. The molecular weight excluding hydrogens is 655 g/mol. The summed E-state index contributed by atoms with van der Waals surface area (Å²) >= 11 is 0. The maximum Gasteiger partial charge on any atom is 0.261 e. The molecule has 1 aromatic heterocycles. The molecule has 1 aliphatic carbocycles. The molecule has 0 radical (unpaired) electrons. The van der Waals surface area contributed by atoms with E-state index in [2.05, 4.69) is 153 Å². The van der Waals surface area contributed by atoms with E-state index in [4.69, 9.17) is 8.95 Å². The second-order valence-electron chi connectivity index (χ2n) is 17.1. The van der Waals surface area contributed by atoms with E-state index in [1.807, 2.05) is 0 Å². The van der Waals surface area contributed by atoms with Crippen molar-refractivity contribution in [1.82, 2.24) is 15.0 Å². The van der Waals surface area contributed by atoms with Gasteiger partial charge in [-0.25, -0.2) is 0 Å². The number of hydrogen-bond donors (Lipinski definition) is 0. The lowest BCUT2D eigenvalue weighted by molar-refractivity contribution is 0.0657. The minimum atomic E-state index is -2.56. The number of aryl methyl sites for hydroxylation is 1. The van der Waals surface area contributed by atoms with Gasteiger partial charge in [-0.1, -0.05) is 136 Å². The molecule has 7 rings (SSSR count). The summed E-state index contributed by atoms with van der Waals surface area (Å²) in [5.74, 6) is 0.723. The summed E-state index contributed by atoms with van der Waals surface area (Å²) in [6, 6.07) is 37.5. The first kappa shape index (κ1) is 36.8. The Labute approximate surface area is 313 Å².